The maximum atomic E-state index is 2.45. The molecule has 0 saturated heterocycles. The Morgan fingerprint density at radius 1 is 0.386 bits per heavy atom. The largest absolute Gasteiger partial charge is 0.309 e. The molecule has 0 N–H and O–H groups in total. The van der Waals surface area contributed by atoms with Crippen LogP contribution in [0.1, 0.15) is 11.1 Å². The highest BCUT2D eigenvalue weighted by Crippen LogP contribution is 2.44. The third-order valence-electron chi connectivity index (χ3n) is 9.80. The summed E-state index contributed by atoms with van der Waals surface area (Å²) >= 11 is 0. The Bertz CT molecular complexity index is 2600. The van der Waals surface area contributed by atoms with Crippen molar-refractivity contribution in [3.63, 3.8) is 0 Å². The van der Waals surface area contributed by atoms with E-state index in [4.69, 9.17) is 0 Å². The van der Waals surface area contributed by atoms with Crippen molar-refractivity contribution in [3.8, 4) is 22.5 Å². The summed E-state index contributed by atoms with van der Waals surface area (Å²) in [6.45, 7) is 0. The maximum Gasteiger partial charge on any atom is 0.0619 e. The zero-order valence-corrected chi connectivity index (χ0v) is 24.2. The van der Waals surface area contributed by atoms with Crippen molar-refractivity contribution in [3.05, 3.63) is 157 Å². The van der Waals surface area contributed by atoms with E-state index in [1.54, 1.807) is 0 Å². The van der Waals surface area contributed by atoms with Gasteiger partial charge < -0.3 is 9.13 Å². The Labute approximate surface area is 255 Å². The summed E-state index contributed by atoms with van der Waals surface area (Å²) in [5, 5.41) is 7.78. The SMILES string of the molecule is c1ccc2c(c1)CCc1ccc3c(c1-2)c1ccccc1n3-c1ccc(-n2c3ccccc3c3ccc4ccccc4c32)cc1. The van der Waals surface area contributed by atoms with E-state index in [0.717, 1.165) is 12.8 Å². The maximum absolute atomic E-state index is 2.45. The first kappa shape index (κ1) is 23.9. The molecule has 0 saturated carbocycles. The summed E-state index contributed by atoms with van der Waals surface area (Å²) in [6, 6.07) is 53.8. The molecule has 0 atom stereocenters. The summed E-state index contributed by atoms with van der Waals surface area (Å²) < 4.78 is 4.89. The predicted molar refractivity (Wildman–Crippen MR) is 185 cm³/mol. The lowest BCUT2D eigenvalue weighted by Gasteiger charge is -2.21. The molecule has 0 fully saturated rings. The third-order valence-corrected chi connectivity index (χ3v) is 9.80. The topological polar surface area (TPSA) is 9.86 Å². The van der Waals surface area contributed by atoms with E-state index < -0.39 is 0 Å². The fourth-order valence-corrected chi connectivity index (χ4v) is 7.90. The Balaban J connectivity index is 1.22. The molecular weight excluding hydrogens is 532 g/mol. The molecule has 0 aliphatic heterocycles. The zero-order chi connectivity index (χ0) is 28.8. The Kier molecular flexibility index (Phi) is 4.86. The fourth-order valence-electron chi connectivity index (χ4n) is 7.90. The van der Waals surface area contributed by atoms with E-state index >= 15 is 0 Å². The molecule has 2 heterocycles. The van der Waals surface area contributed by atoms with Gasteiger partial charge in [-0.25, -0.2) is 0 Å². The second kappa shape index (κ2) is 8.95. The van der Waals surface area contributed by atoms with Crippen molar-refractivity contribution in [1.29, 1.82) is 0 Å². The van der Waals surface area contributed by atoms with Crippen molar-refractivity contribution >= 4 is 54.4 Å². The number of hydrogen-bond donors (Lipinski definition) is 0. The lowest BCUT2D eigenvalue weighted by atomic mass is 9.83. The second-order valence-corrected chi connectivity index (χ2v) is 12.1. The minimum Gasteiger partial charge on any atom is -0.309 e. The summed E-state index contributed by atoms with van der Waals surface area (Å²) in [5.41, 5.74) is 13.0. The number of fused-ring (bicyclic) bond motifs is 12. The average molecular weight is 561 g/mol. The molecule has 0 amide bonds. The molecule has 1 aliphatic rings. The van der Waals surface area contributed by atoms with Crippen molar-refractivity contribution in [2.45, 2.75) is 12.8 Å². The van der Waals surface area contributed by atoms with Gasteiger partial charge in [0.25, 0.3) is 0 Å². The smallest absolute Gasteiger partial charge is 0.0619 e. The summed E-state index contributed by atoms with van der Waals surface area (Å²) in [6.07, 6.45) is 2.19. The minimum absolute atomic E-state index is 1.09. The summed E-state index contributed by atoms with van der Waals surface area (Å²) in [4.78, 5) is 0. The second-order valence-electron chi connectivity index (χ2n) is 12.1. The molecule has 2 aromatic heterocycles. The normalized spacial score (nSPS) is 12.8. The molecule has 10 rings (SSSR count). The Morgan fingerprint density at radius 2 is 1.02 bits per heavy atom. The van der Waals surface area contributed by atoms with Gasteiger partial charge >= 0.3 is 0 Å². The molecule has 44 heavy (non-hydrogen) atoms. The lowest BCUT2D eigenvalue weighted by Crippen LogP contribution is -2.04. The first-order chi connectivity index (χ1) is 21.8. The van der Waals surface area contributed by atoms with Crippen LogP contribution in [0, 0.1) is 0 Å². The van der Waals surface area contributed by atoms with Gasteiger partial charge in [-0.05, 0) is 82.9 Å². The highest BCUT2D eigenvalue weighted by Gasteiger charge is 2.23. The average Bonchev–Trinajstić information content (AvgIpc) is 3.62. The number of rotatable bonds is 2. The van der Waals surface area contributed by atoms with Gasteiger partial charge in [0, 0.05) is 38.3 Å². The standard InChI is InChI=1S/C42H28N2/c1-3-11-32-27(9-1)17-18-29-20-26-39-41(40(29)32)36-14-6-8-16-38(36)43(39)30-21-23-31(24-22-30)44-37-15-7-5-13-34(37)35-25-19-28-10-2-4-12-33(28)42(35)44/h1-16,19-26H,17-18H2. The van der Waals surface area contributed by atoms with Gasteiger partial charge in [0.2, 0.25) is 0 Å². The quantitative estimate of drug-likeness (QED) is 0.199. The van der Waals surface area contributed by atoms with Gasteiger partial charge in [0.1, 0.15) is 0 Å². The van der Waals surface area contributed by atoms with Crippen LogP contribution in [-0.4, -0.2) is 9.13 Å². The first-order valence-corrected chi connectivity index (χ1v) is 15.5. The molecule has 2 heteroatoms. The zero-order valence-electron chi connectivity index (χ0n) is 24.2. The van der Waals surface area contributed by atoms with Crippen LogP contribution >= 0.6 is 0 Å². The van der Waals surface area contributed by atoms with Gasteiger partial charge in [0.05, 0.1) is 22.1 Å². The fraction of sp³-hybridized carbons (Fsp3) is 0.0476. The van der Waals surface area contributed by atoms with Gasteiger partial charge in [-0.1, -0.05) is 103 Å². The van der Waals surface area contributed by atoms with Crippen molar-refractivity contribution in [2.75, 3.05) is 0 Å². The molecule has 2 nitrogen and oxygen atoms in total. The molecule has 0 bridgehead atoms. The van der Waals surface area contributed by atoms with E-state index in [2.05, 4.69) is 155 Å². The highest BCUT2D eigenvalue weighted by molar-refractivity contribution is 6.19. The molecule has 7 aromatic carbocycles. The van der Waals surface area contributed by atoms with Crippen molar-refractivity contribution in [1.82, 2.24) is 9.13 Å². The highest BCUT2D eigenvalue weighted by atomic mass is 15.0. The summed E-state index contributed by atoms with van der Waals surface area (Å²) in [5.74, 6) is 0. The molecule has 0 radical (unpaired) electrons. The van der Waals surface area contributed by atoms with E-state index in [-0.39, 0.29) is 0 Å². The molecule has 206 valence electrons. The van der Waals surface area contributed by atoms with Crippen LogP contribution in [0.25, 0.3) is 76.9 Å². The van der Waals surface area contributed by atoms with Crippen LogP contribution in [0.2, 0.25) is 0 Å². The number of nitrogens with zero attached hydrogens (tertiary/aromatic N) is 2. The number of para-hydroxylation sites is 2. The van der Waals surface area contributed by atoms with E-state index in [0.29, 0.717) is 0 Å². The summed E-state index contributed by atoms with van der Waals surface area (Å²) in [7, 11) is 0. The Hall–Kier alpha value is -5.60. The minimum atomic E-state index is 1.09. The molecule has 0 unspecified atom stereocenters. The third kappa shape index (κ3) is 3.20. The lowest BCUT2D eigenvalue weighted by molar-refractivity contribution is 0.945. The predicted octanol–water partition coefficient (Wildman–Crippen LogP) is 10.8. The van der Waals surface area contributed by atoms with Gasteiger partial charge in [-0.15, -0.1) is 0 Å². The number of aryl methyl sites for hydroxylation is 2. The first-order valence-electron chi connectivity index (χ1n) is 15.5. The molecule has 0 spiro atoms. The van der Waals surface area contributed by atoms with Gasteiger partial charge in [-0.3, -0.25) is 0 Å². The van der Waals surface area contributed by atoms with Gasteiger partial charge in [0.15, 0.2) is 0 Å². The van der Waals surface area contributed by atoms with Crippen molar-refractivity contribution < 1.29 is 0 Å². The van der Waals surface area contributed by atoms with Crippen molar-refractivity contribution in [2.24, 2.45) is 0 Å². The van der Waals surface area contributed by atoms with Crippen LogP contribution in [0.4, 0.5) is 0 Å². The van der Waals surface area contributed by atoms with E-state index in [9.17, 15) is 0 Å². The number of hydrogen-bond acceptors (Lipinski definition) is 0. The molecule has 9 aromatic rings. The van der Waals surface area contributed by atoms with Crippen LogP contribution < -0.4 is 0 Å². The van der Waals surface area contributed by atoms with Crippen LogP contribution in [-0.2, 0) is 12.8 Å². The monoisotopic (exact) mass is 560 g/mol. The number of aromatic nitrogens is 2. The van der Waals surface area contributed by atoms with E-state index in [1.165, 1.54) is 88.0 Å². The van der Waals surface area contributed by atoms with Gasteiger partial charge in [-0.2, -0.15) is 0 Å². The molecule has 1 aliphatic carbocycles. The Morgan fingerprint density at radius 3 is 1.86 bits per heavy atom. The number of benzene rings is 7. The molecular formula is C42H28N2. The van der Waals surface area contributed by atoms with Crippen LogP contribution in [0.3, 0.4) is 0 Å². The van der Waals surface area contributed by atoms with Crippen LogP contribution in [0.15, 0.2) is 146 Å². The van der Waals surface area contributed by atoms with E-state index in [1.807, 2.05) is 0 Å². The van der Waals surface area contributed by atoms with Crippen LogP contribution in [0.5, 0.6) is 0 Å².